The van der Waals surface area contributed by atoms with E-state index in [1.165, 1.54) is 23.1 Å². The summed E-state index contributed by atoms with van der Waals surface area (Å²) in [5.74, 6) is -1.71. The highest BCUT2D eigenvalue weighted by Gasteiger charge is 2.34. The number of carboxylic acids is 1. The fourth-order valence-corrected chi connectivity index (χ4v) is 4.32. The third-order valence-corrected chi connectivity index (χ3v) is 6.09. The third kappa shape index (κ3) is 4.21. The van der Waals surface area contributed by atoms with Crippen LogP contribution >= 0.6 is 23.8 Å². The molecule has 1 fully saturated rings. The van der Waals surface area contributed by atoms with Crippen LogP contribution in [0, 0.1) is 0 Å². The molecule has 7 nitrogen and oxygen atoms in total. The zero-order chi connectivity index (χ0) is 24.7. The fraction of sp³-hybridized carbons (Fsp3) is 0. The normalized spacial score (nSPS) is 15.1. The maximum atomic E-state index is 13.3. The fourth-order valence-electron chi connectivity index (χ4n) is 3.78. The van der Waals surface area contributed by atoms with E-state index in [2.05, 4.69) is 5.32 Å². The Hall–Kier alpha value is -4.27. The van der Waals surface area contributed by atoms with Crippen LogP contribution in [0.25, 0.3) is 28.2 Å². The van der Waals surface area contributed by atoms with Crippen molar-refractivity contribution in [1.82, 2.24) is 5.32 Å². The Labute approximate surface area is 209 Å². The second-order valence-electron chi connectivity index (χ2n) is 7.69. The smallest absolute Gasteiger partial charge is 0.337 e. The summed E-state index contributed by atoms with van der Waals surface area (Å²) in [6.45, 7) is 0. The zero-order valence-electron chi connectivity index (χ0n) is 17.8. The van der Waals surface area contributed by atoms with E-state index < -0.39 is 17.8 Å². The molecule has 2 heterocycles. The van der Waals surface area contributed by atoms with Crippen LogP contribution in [0.4, 0.5) is 5.69 Å². The molecular weight excluding hydrogens is 488 g/mol. The van der Waals surface area contributed by atoms with Crippen molar-refractivity contribution in [3.05, 3.63) is 94.7 Å². The molecule has 5 rings (SSSR count). The monoisotopic (exact) mass is 502 g/mol. The average Bonchev–Trinajstić information content (AvgIpc) is 3.30. The Kier molecular flexibility index (Phi) is 5.68. The average molecular weight is 503 g/mol. The molecule has 4 aromatic rings. The van der Waals surface area contributed by atoms with Gasteiger partial charge >= 0.3 is 5.97 Å². The van der Waals surface area contributed by atoms with E-state index in [-0.39, 0.29) is 27.0 Å². The van der Waals surface area contributed by atoms with E-state index in [4.69, 9.17) is 33.3 Å². The lowest BCUT2D eigenvalue weighted by molar-refractivity contribution is -0.122. The molecule has 0 atom stereocenters. The molecule has 1 aliphatic heterocycles. The summed E-state index contributed by atoms with van der Waals surface area (Å²) >= 11 is 11.3. The number of fused-ring (bicyclic) bond motifs is 1. The van der Waals surface area contributed by atoms with Crippen molar-refractivity contribution in [2.24, 2.45) is 0 Å². The molecule has 1 saturated heterocycles. The van der Waals surface area contributed by atoms with Crippen molar-refractivity contribution in [2.75, 3.05) is 4.90 Å². The van der Waals surface area contributed by atoms with Gasteiger partial charge in [0, 0.05) is 5.56 Å². The molecule has 9 heteroatoms. The first-order chi connectivity index (χ1) is 16.8. The molecule has 0 aliphatic carbocycles. The first kappa shape index (κ1) is 22.5. The number of carboxylic acid groups (broad SMARTS) is 1. The second-order valence-corrected chi connectivity index (χ2v) is 8.48. The number of aromatic carboxylic acids is 1. The maximum Gasteiger partial charge on any atom is 0.337 e. The Bertz CT molecular complexity index is 1590. The number of hydrogen-bond donors (Lipinski definition) is 2. The van der Waals surface area contributed by atoms with Crippen LogP contribution in [0.1, 0.15) is 16.1 Å². The Morgan fingerprint density at radius 3 is 2.51 bits per heavy atom. The van der Waals surface area contributed by atoms with E-state index in [0.29, 0.717) is 17.0 Å². The summed E-state index contributed by atoms with van der Waals surface area (Å²) < 4.78 is 5.78. The summed E-state index contributed by atoms with van der Waals surface area (Å²) in [5, 5.41) is 13.7. The van der Waals surface area contributed by atoms with Crippen LogP contribution < -0.4 is 10.2 Å². The first-order valence-corrected chi connectivity index (χ1v) is 11.1. The zero-order valence-corrected chi connectivity index (χ0v) is 19.4. The predicted molar refractivity (Wildman–Crippen MR) is 136 cm³/mol. The van der Waals surface area contributed by atoms with Gasteiger partial charge in [0.25, 0.3) is 11.8 Å². The van der Waals surface area contributed by atoms with Gasteiger partial charge in [-0.1, -0.05) is 48.0 Å². The van der Waals surface area contributed by atoms with Gasteiger partial charge in [-0.25, -0.2) is 4.79 Å². The van der Waals surface area contributed by atoms with Gasteiger partial charge < -0.3 is 9.52 Å². The number of amides is 2. The van der Waals surface area contributed by atoms with Gasteiger partial charge in [-0.2, -0.15) is 0 Å². The molecular formula is C26H15ClN2O5S. The minimum Gasteiger partial charge on any atom is -0.478 e. The largest absolute Gasteiger partial charge is 0.478 e. The third-order valence-electron chi connectivity index (χ3n) is 5.49. The Morgan fingerprint density at radius 2 is 1.77 bits per heavy atom. The van der Waals surface area contributed by atoms with Gasteiger partial charge in [0.1, 0.15) is 17.1 Å². The highest BCUT2D eigenvalue weighted by molar-refractivity contribution is 7.80. The highest BCUT2D eigenvalue weighted by atomic mass is 35.5. The Balaban J connectivity index is 1.47. The van der Waals surface area contributed by atoms with Crippen molar-refractivity contribution in [3.63, 3.8) is 0 Å². The number of furan rings is 1. The first-order valence-electron chi connectivity index (χ1n) is 10.3. The SMILES string of the molecule is O=C1NC(=S)N(c2ccc3ccccc3c2)C(=O)/C1=C/c1ccc(-c2ccc(C(=O)O)c(Cl)c2)o1. The molecule has 3 aromatic carbocycles. The lowest BCUT2D eigenvalue weighted by Crippen LogP contribution is -2.54. The van der Waals surface area contributed by atoms with Crippen molar-refractivity contribution in [1.29, 1.82) is 0 Å². The van der Waals surface area contributed by atoms with E-state index in [1.54, 1.807) is 24.3 Å². The minimum atomic E-state index is -1.14. The molecule has 0 saturated carbocycles. The topological polar surface area (TPSA) is 99.9 Å². The van der Waals surface area contributed by atoms with E-state index >= 15 is 0 Å². The number of halogens is 1. The van der Waals surface area contributed by atoms with Crippen LogP contribution in [-0.2, 0) is 9.59 Å². The van der Waals surface area contributed by atoms with Gasteiger partial charge in [0.05, 0.1) is 16.3 Å². The van der Waals surface area contributed by atoms with Crippen molar-refractivity contribution < 1.29 is 23.9 Å². The van der Waals surface area contributed by atoms with Crippen molar-refractivity contribution >= 4 is 69.3 Å². The van der Waals surface area contributed by atoms with Crippen LogP contribution in [0.5, 0.6) is 0 Å². The molecule has 2 amide bonds. The summed E-state index contributed by atoms with van der Waals surface area (Å²) in [4.78, 5) is 38.3. The predicted octanol–water partition coefficient (Wildman–Crippen LogP) is 5.28. The van der Waals surface area contributed by atoms with Crippen LogP contribution in [0.15, 0.2) is 82.8 Å². The highest BCUT2D eigenvalue weighted by Crippen LogP contribution is 2.30. The summed E-state index contributed by atoms with van der Waals surface area (Å²) in [6.07, 6.45) is 1.34. The van der Waals surface area contributed by atoms with Crippen LogP contribution in [-0.4, -0.2) is 28.0 Å². The second kappa shape index (κ2) is 8.83. The summed E-state index contributed by atoms with van der Waals surface area (Å²) in [5.41, 5.74) is 0.895. The number of rotatable bonds is 4. The van der Waals surface area contributed by atoms with Crippen LogP contribution in [0.2, 0.25) is 5.02 Å². The number of nitrogens with zero attached hydrogens (tertiary/aromatic N) is 1. The number of carbonyl (C=O) groups is 3. The van der Waals surface area contributed by atoms with Gasteiger partial charge in [-0.3, -0.25) is 19.8 Å². The Morgan fingerprint density at radius 1 is 1.00 bits per heavy atom. The summed E-state index contributed by atoms with van der Waals surface area (Å²) in [6, 6.07) is 20.8. The number of thiocarbonyl (C=S) groups is 1. The summed E-state index contributed by atoms with van der Waals surface area (Å²) in [7, 11) is 0. The quantitative estimate of drug-likeness (QED) is 0.224. The molecule has 0 spiro atoms. The number of nitrogens with one attached hydrogen (secondary N) is 1. The molecule has 2 N–H and O–H groups in total. The number of carbonyl (C=O) groups excluding carboxylic acids is 2. The lowest BCUT2D eigenvalue weighted by Gasteiger charge is -2.29. The van der Waals surface area contributed by atoms with Crippen molar-refractivity contribution in [2.45, 2.75) is 0 Å². The molecule has 1 aromatic heterocycles. The van der Waals surface area contributed by atoms with Gasteiger partial charge in [0.2, 0.25) is 0 Å². The molecule has 0 unspecified atom stereocenters. The van der Waals surface area contributed by atoms with Crippen LogP contribution in [0.3, 0.4) is 0 Å². The molecule has 1 aliphatic rings. The minimum absolute atomic E-state index is 0.0132. The van der Waals surface area contributed by atoms with E-state index in [0.717, 1.165) is 10.8 Å². The lowest BCUT2D eigenvalue weighted by atomic mass is 10.1. The maximum absolute atomic E-state index is 13.3. The molecule has 35 heavy (non-hydrogen) atoms. The van der Waals surface area contributed by atoms with Crippen molar-refractivity contribution in [3.8, 4) is 11.3 Å². The molecule has 172 valence electrons. The van der Waals surface area contributed by atoms with E-state index in [1.807, 2.05) is 36.4 Å². The number of hydrogen-bond acceptors (Lipinski definition) is 5. The number of anilines is 1. The van der Waals surface area contributed by atoms with Gasteiger partial charge in [-0.05, 0) is 65.5 Å². The number of benzene rings is 3. The molecule has 0 radical (unpaired) electrons. The molecule has 0 bridgehead atoms. The van der Waals surface area contributed by atoms with Gasteiger partial charge in [0.15, 0.2) is 5.11 Å². The van der Waals surface area contributed by atoms with Gasteiger partial charge in [-0.15, -0.1) is 0 Å². The standard InChI is InChI=1S/C26H15ClN2O5S/c27-21-12-16(6-9-19(21)25(32)33)22-10-8-18(34-22)13-20-23(30)28-26(35)29(24(20)31)17-7-5-14-3-1-2-4-15(14)11-17/h1-13H,(H,32,33)(H,28,30,35)/b20-13+. The van der Waals surface area contributed by atoms with E-state index in [9.17, 15) is 14.4 Å².